The third-order valence-corrected chi connectivity index (χ3v) is 5.71. The van der Waals surface area contributed by atoms with Crippen LogP contribution < -0.4 is 4.72 Å². The van der Waals surface area contributed by atoms with Crippen LogP contribution >= 0.6 is 23.2 Å². The molecule has 1 heterocycles. The van der Waals surface area contributed by atoms with Crippen LogP contribution in [-0.2, 0) is 10.0 Å². The predicted molar refractivity (Wildman–Crippen MR) is 102 cm³/mol. The molecule has 148 valence electrons. The topological polar surface area (TPSA) is 118 Å². The van der Waals surface area contributed by atoms with Crippen molar-refractivity contribution in [2.45, 2.75) is 11.8 Å². The molecule has 0 unspecified atom stereocenters. The summed E-state index contributed by atoms with van der Waals surface area (Å²) in [7, 11) is -4.55. The van der Waals surface area contributed by atoms with Crippen LogP contribution in [0.15, 0.2) is 41.3 Å². The summed E-state index contributed by atoms with van der Waals surface area (Å²) >= 11 is 11.8. The molecule has 0 fully saturated rings. The lowest BCUT2D eigenvalue weighted by molar-refractivity contribution is 0.0976. The summed E-state index contributed by atoms with van der Waals surface area (Å²) in [6, 6.07) is 9.27. The summed E-state index contributed by atoms with van der Waals surface area (Å²) in [5.74, 6) is -2.18. The lowest BCUT2D eigenvalue weighted by atomic mass is 10.2. The van der Waals surface area contributed by atoms with Crippen molar-refractivity contribution < 1.29 is 17.6 Å². The van der Waals surface area contributed by atoms with E-state index in [4.69, 9.17) is 28.5 Å². The minimum absolute atomic E-state index is 0.0168. The third-order valence-electron chi connectivity index (χ3n) is 3.82. The highest BCUT2D eigenvalue weighted by Gasteiger charge is 2.26. The molecule has 0 aliphatic rings. The lowest BCUT2D eigenvalue weighted by Gasteiger charge is -2.08. The summed E-state index contributed by atoms with van der Waals surface area (Å²) in [6.07, 6.45) is 0. The molecule has 2 aromatic carbocycles. The average Bonchev–Trinajstić information content (AvgIpc) is 3.04. The van der Waals surface area contributed by atoms with E-state index in [1.807, 2.05) is 6.07 Å². The van der Waals surface area contributed by atoms with Crippen LogP contribution in [-0.4, -0.2) is 29.3 Å². The first kappa shape index (κ1) is 20.7. The maximum absolute atomic E-state index is 13.9. The maximum Gasteiger partial charge on any atom is 0.287 e. The molecular weight excluding hydrogens is 444 g/mol. The minimum Gasteiger partial charge on any atom is -0.266 e. The van der Waals surface area contributed by atoms with Crippen molar-refractivity contribution in [1.82, 2.24) is 19.7 Å². The Hall–Kier alpha value is -3.00. The summed E-state index contributed by atoms with van der Waals surface area (Å²) < 4.78 is 41.6. The van der Waals surface area contributed by atoms with E-state index in [-0.39, 0.29) is 21.4 Å². The average molecular weight is 454 g/mol. The van der Waals surface area contributed by atoms with Gasteiger partial charge in [-0.25, -0.2) is 22.2 Å². The number of nitriles is 1. The first-order chi connectivity index (χ1) is 13.6. The van der Waals surface area contributed by atoms with Crippen LogP contribution in [0.5, 0.6) is 0 Å². The number of hydrogen-bond acceptors (Lipinski definition) is 6. The van der Waals surface area contributed by atoms with Gasteiger partial charge in [0.05, 0.1) is 28.0 Å². The lowest BCUT2D eigenvalue weighted by Crippen LogP contribution is -2.32. The van der Waals surface area contributed by atoms with E-state index in [9.17, 15) is 17.6 Å². The Morgan fingerprint density at radius 2 is 1.97 bits per heavy atom. The Balaban J connectivity index is 1.94. The van der Waals surface area contributed by atoms with Crippen molar-refractivity contribution in [3.05, 3.63) is 69.2 Å². The molecule has 1 aromatic heterocycles. The first-order valence-electron chi connectivity index (χ1n) is 7.78. The van der Waals surface area contributed by atoms with Gasteiger partial charge in [-0.2, -0.15) is 5.26 Å². The number of nitrogens with one attached hydrogen (secondary N) is 1. The van der Waals surface area contributed by atoms with Crippen LogP contribution in [0.2, 0.25) is 10.0 Å². The van der Waals surface area contributed by atoms with Gasteiger partial charge in [-0.05, 0) is 43.3 Å². The van der Waals surface area contributed by atoms with Gasteiger partial charge in [-0.1, -0.05) is 28.4 Å². The summed E-state index contributed by atoms with van der Waals surface area (Å²) in [5.41, 5.74) is 0.523. The first-order valence-corrected chi connectivity index (χ1v) is 10.0. The number of benzene rings is 2. The highest BCUT2D eigenvalue weighted by atomic mass is 35.5. The van der Waals surface area contributed by atoms with E-state index in [1.165, 1.54) is 35.9 Å². The molecule has 1 amide bonds. The SMILES string of the molecule is Cc1c(C(=O)NS(=O)(=O)c2cc(Cl)ccc2F)nnn1-c1ccc(C#N)cc1Cl. The van der Waals surface area contributed by atoms with E-state index in [2.05, 4.69) is 10.3 Å². The molecule has 12 heteroatoms. The second-order valence-corrected chi connectivity index (χ2v) is 8.22. The number of hydrogen-bond donors (Lipinski definition) is 1. The molecule has 3 aromatic rings. The maximum atomic E-state index is 13.9. The quantitative estimate of drug-likeness (QED) is 0.648. The van der Waals surface area contributed by atoms with E-state index in [1.54, 1.807) is 4.72 Å². The predicted octanol–water partition coefficient (Wildman–Crippen LogP) is 3.01. The molecule has 29 heavy (non-hydrogen) atoms. The molecule has 0 aliphatic carbocycles. The number of carbonyl (C=O) groups is 1. The van der Waals surface area contributed by atoms with Gasteiger partial charge in [0, 0.05) is 5.02 Å². The van der Waals surface area contributed by atoms with Gasteiger partial charge in [-0.15, -0.1) is 5.10 Å². The zero-order valence-corrected chi connectivity index (χ0v) is 16.8. The number of rotatable bonds is 4. The van der Waals surface area contributed by atoms with E-state index in [0.29, 0.717) is 11.3 Å². The van der Waals surface area contributed by atoms with Crippen molar-refractivity contribution in [1.29, 1.82) is 5.26 Å². The van der Waals surface area contributed by atoms with Crippen molar-refractivity contribution in [2.75, 3.05) is 0 Å². The van der Waals surface area contributed by atoms with Gasteiger partial charge < -0.3 is 0 Å². The third kappa shape index (κ3) is 4.07. The zero-order chi connectivity index (χ0) is 21.3. The summed E-state index contributed by atoms with van der Waals surface area (Å²) in [6.45, 7) is 1.47. The van der Waals surface area contributed by atoms with Gasteiger partial charge in [-0.3, -0.25) is 4.79 Å². The van der Waals surface area contributed by atoms with Crippen molar-refractivity contribution in [2.24, 2.45) is 0 Å². The van der Waals surface area contributed by atoms with Crippen LogP contribution in [0.1, 0.15) is 21.7 Å². The van der Waals surface area contributed by atoms with E-state index in [0.717, 1.165) is 12.1 Å². The molecule has 0 radical (unpaired) electrons. The van der Waals surface area contributed by atoms with Gasteiger partial charge in [0.1, 0.15) is 10.7 Å². The number of amides is 1. The molecule has 1 N–H and O–H groups in total. The zero-order valence-electron chi connectivity index (χ0n) is 14.5. The van der Waals surface area contributed by atoms with Gasteiger partial charge in [0.2, 0.25) is 0 Å². The molecule has 0 aliphatic heterocycles. The molecule has 0 bridgehead atoms. The standard InChI is InChI=1S/C17H10Cl2FN5O3S/c1-9-16(22-24-25(9)14-5-2-10(8-21)6-12(14)19)17(26)23-29(27,28)15-7-11(18)3-4-13(15)20/h2-7H,1H3,(H,23,26). The van der Waals surface area contributed by atoms with Crippen LogP contribution in [0.4, 0.5) is 4.39 Å². The Morgan fingerprint density at radius 1 is 1.24 bits per heavy atom. The minimum atomic E-state index is -4.55. The Kier molecular flexibility index (Phi) is 5.57. The van der Waals surface area contributed by atoms with Crippen molar-refractivity contribution >= 4 is 39.1 Å². The molecule has 0 saturated carbocycles. The Morgan fingerprint density at radius 3 is 2.62 bits per heavy atom. The number of nitrogens with zero attached hydrogens (tertiary/aromatic N) is 4. The van der Waals surface area contributed by atoms with Gasteiger partial charge >= 0.3 is 0 Å². The molecule has 3 rings (SSSR count). The monoisotopic (exact) mass is 453 g/mol. The highest BCUT2D eigenvalue weighted by Crippen LogP contribution is 2.24. The Labute approximate surface area is 174 Å². The largest absolute Gasteiger partial charge is 0.287 e. The smallest absolute Gasteiger partial charge is 0.266 e. The van der Waals surface area contributed by atoms with Crippen molar-refractivity contribution in [3.63, 3.8) is 0 Å². The van der Waals surface area contributed by atoms with Crippen LogP contribution in [0.25, 0.3) is 5.69 Å². The van der Waals surface area contributed by atoms with Crippen LogP contribution in [0.3, 0.4) is 0 Å². The van der Waals surface area contributed by atoms with E-state index < -0.39 is 26.6 Å². The summed E-state index contributed by atoms with van der Waals surface area (Å²) in [4.78, 5) is 11.7. The van der Waals surface area contributed by atoms with Gasteiger partial charge in [0.25, 0.3) is 15.9 Å². The van der Waals surface area contributed by atoms with Crippen LogP contribution in [0, 0.1) is 24.1 Å². The molecule has 8 nitrogen and oxygen atoms in total. The number of sulfonamides is 1. The van der Waals surface area contributed by atoms with Crippen molar-refractivity contribution in [3.8, 4) is 11.8 Å². The second kappa shape index (κ2) is 7.79. The van der Waals surface area contributed by atoms with Gasteiger partial charge in [0.15, 0.2) is 5.69 Å². The number of carbonyl (C=O) groups excluding carboxylic acids is 1. The highest BCUT2D eigenvalue weighted by molar-refractivity contribution is 7.90. The normalized spacial score (nSPS) is 11.1. The second-order valence-electron chi connectivity index (χ2n) is 5.72. The molecule has 0 spiro atoms. The number of halogens is 3. The number of aromatic nitrogens is 3. The summed E-state index contributed by atoms with van der Waals surface area (Å²) in [5, 5.41) is 16.6. The fourth-order valence-electron chi connectivity index (χ4n) is 2.42. The Bertz CT molecular complexity index is 1280. The fourth-order valence-corrected chi connectivity index (χ4v) is 3.98. The molecular formula is C17H10Cl2FN5O3S. The fraction of sp³-hybridized carbons (Fsp3) is 0.0588. The van der Waals surface area contributed by atoms with E-state index >= 15 is 0 Å². The molecule has 0 atom stereocenters. The molecule has 0 saturated heterocycles.